The molecule has 0 heterocycles. The van der Waals surface area contributed by atoms with Crippen LogP contribution in [0, 0.1) is 0 Å². The van der Waals surface area contributed by atoms with Gasteiger partial charge in [0.05, 0.1) is 24.4 Å². The Bertz CT molecular complexity index is 543. The Morgan fingerprint density at radius 3 is 2.04 bits per heavy atom. The van der Waals surface area contributed by atoms with Crippen LogP contribution in [0.4, 0.5) is 0 Å². The van der Waals surface area contributed by atoms with E-state index in [4.69, 9.17) is 4.74 Å². The fraction of sp³-hybridized carbons (Fsp3) is 0.522. The van der Waals surface area contributed by atoms with E-state index in [1.165, 1.54) is 0 Å². The van der Waals surface area contributed by atoms with Gasteiger partial charge in [0.25, 0.3) is 0 Å². The number of hydrogen-bond donors (Lipinski definition) is 3. The standard InChI is InChI=1S/C23H36O5/c1-4-20(24)13-10-7-11-16-21(25)14-8-5-6-9-15-22(26)17-12-18-23(27)28-19(2)3/h5-11,13-15,19-22,24-26H,4,12,16-18H2,1-3H3/b6-5+,11-7-,13-10+,14-8+,15-9-/t20-,21+,22-/m1/s1. The zero-order valence-electron chi connectivity index (χ0n) is 17.3. The Kier molecular flexibility index (Phi) is 16.0. The van der Waals surface area contributed by atoms with Gasteiger partial charge in [0.1, 0.15) is 0 Å². The van der Waals surface area contributed by atoms with Gasteiger partial charge in [-0.3, -0.25) is 4.79 Å². The molecule has 0 aromatic rings. The summed E-state index contributed by atoms with van der Waals surface area (Å²) in [6.07, 6.45) is 18.3. The molecule has 0 radical (unpaired) electrons. The summed E-state index contributed by atoms with van der Waals surface area (Å²) in [4.78, 5) is 11.4. The summed E-state index contributed by atoms with van der Waals surface area (Å²) >= 11 is 0. The second-order valence-corrected chi connectivity index (χ2v) is 6.74. The number of carbonyl (C=O) groups is 1. The molecule has 5 nitrogen and oxygen atoms in total. The van der Waals surface area contributed by atoms with E-state index < -0.39 is 18.3 Å². The van der Waals surface area contributed by atoms with Gasteiger partial charge in [0.2, 0.25) is 0 Å². The predicted octanol–water partition coefficient (Wildman–Crippen LogP) is 3.77. The molecule has 0 fully saturated rings. The van der Waals surface area contributed by atoms with E-state index in [1.54, 1.807) is 54.7 Å². The van der Waals surface area contributed by atoms with Crippen molar-refractivity contribution in [2.45, 2.75) is 77.3 Å². The van der Waals surface area contributed by atoms with Crippen LogP contribution in [-0.4, -0.2) is 45.7 Å². The molecular formula is C23H36O5. The van der Waals surface area contributed by atoms with Crippen molar-refractivity contribution in [3.05, 3.63) is 60.8 Å². The molecule has 0 aliphatic rings. The highest BCUT2D eigenvalue weighted by Gasteiger charge is 2.06. The predicted molar refractivity (Wildman–Crippen MR) is 114 cm³/mol. The van der Waals surface area contributed by atoms with Crippen LogP contribution >= 0.6 is 0 Å². The maximum atomic E-state index is 11.4. The summed E-state index contributed by atoms with van der Waals surface area (Å²) in [6.45, 7) is 5.53. The van der Waals surface area contributed by atoms with E-state index in [9.17, 15) is 20.1 Å². The van der Waals surface area contributed by atoms with Gasteiger partial charge in [-0.2, -0.15) is 0 Å². The largest absolute Gasteiger partial charge is 0.463 e. The lowest BCUT2D eigenvalue weighted by atomic mass is 10.1. The molecule has 0 saturated carbocycles. The summed E-state index contributed by atoms with van der Waals surface area (Å²) in [7, 11) is 0. The van der Waals surface area contributed by atoms with Crippen LogP contribution < -0.4 is 0 Å². The van der Waals surface area contributed by atoms with E-state index >= 15 is 0 Å². The lowest BCUT2D eigenvalue weighted by Gasteiger charge is -2.08. The van der Waals surface area contributed by atoms with Gasteiger partial charge < -0.3 is 20.1 Å². The average Bonchev–Trinajstić information content (AvgIpc) is 2.63. The van der Waals surface area contributed by atoms with Crippen LogP contribution in [0.1, 0.15) is 52.9 Å². The number of carbonyl (C=O) groups excluding carboxylic acids is 1. The zero-order valence-corrected chi connectivity index (χ0v) is 17.3. The first-order valence-corrected chi connectivity index (χ1v) is 9.93. The minimum absolute atomic E-state index is 0.110. The van der Waals surface area contributed by atoms with Gasteiger partial charge in [-0.05, 0) is 39.5 Å². The molecule has 0 rings (SSSR count). The Morgan fingerprint density at radius 1 is 0.857 bits per heavy atom. The topological polar surface area (TPSA) is 87.0 Å². The zero-order chi connectivity index (χ0) is 21.2. The van der Waals surface area contributed by atoms with Crippen LogP contribution in [0.3, 0.4) is 0 Å². The highest BCUT2D eigenvalue weighted by molar-refractivity contribution is 5.69. The van der Waals surface area contributed by atoms with Crippen molar-refractivity contribution in [1.82, 2.24) is 0 Å². The van der Waals surface area contributed by atoms with Crippen molar-refractivity contribution in [3.8, 4) is 0 Å². The molecule has 0 spiro atoms. The smallest absolute Gasteiger partial charge is 0.306 e. The fourth-order valence-corrected chi connectivity index (χ4v) is 2.09. The maximum Gasteiger partial charge on any atom is 0.306 e. The lowest BCUT2D eigenvalue weighted by molar-refractivity contribution is -0.147. The van der Waals surface area contributed by atoms with Crippen molar-refractivity contribution >= 4 is 5.97 Å². The lowest BCUT2D eigenvalue weighted by Crippen LogP contribution is -2.12. The van der Waals surface area contributed by atoms with Crippen LogP contribution in [0.2, 0.25) is 0 Å². The van der Waals surface area contributed by atoms with Crippen molar-refractivity contribution < 1.29 is 24.9 Å². The summed E-state index contributed by atoms with van der Waals surface area (Å²) in [6, 6.07) is 0. The quantitative estimate of drug-likeness (QED) is 0.309. The number of aliphatic hydroxyl groups excluding tert-OH is 3. The van der Waals surface area contributed by atoms with Crippen molar-refractivity contribution in [1.29, 1.82) is 0 Å². The Labute approximate surface area is 169 Å². The number of rotatable bonds is 14. The Morgan fingerprint density at radius 2 is 1.43 bits per heavy atom. The van der Waals surface area contributed by atoms with Gasteiger partial charge >= 0.3 is 5.97 Å². The molecule has 0 unspecified atom stereocenters. The Balaban J connectivity index is 3.97. The number of allylic oxidation sites excluding steroid dienone is 6. The summed E-state index contributed by atoms with van der Waals surface area (Å²) in [5, 5.41) is 29.0. The summed E-state index contributed by atoms with van der Waals surface area (Å²) in [5.41, 5.74) is 0. The molecule has 3 N–H and O–H groups in total. The SMILES string of the molecule is CC[C@@H](O)/C=C/C=C\C[C@@H](O)/C=C/C=C/C=C\[C@@H](O)CCCC(=O)OC(C)C. The van der Waals surface area contributed by atoms with E-state index in [2.05, 4.69) is 0 Å². The third-order valence-corrected chi connectivity index (χ3v) is 3.62. The van der Waals surface area contributed by atoms with E-state index in [0.717, 1.165) is 0 Å². The monoisotopic (exact) mass is 392 g/mol. The van der Waals surface area contributed by atoms with Gasteiger partial charge in [-0.1, -0.05) is 67.7 Å². The number of ether oxygens (including phenoxy) is 1. The van der Waals surface area contributed by atoms with Gasteiger partial charge in [0, 0.05) is 6.42 Å². The van der Waals surface area contributed by atoms with Crippen LogP contribution in [0.25, 0.3) is 0 Å². The molecule has 0 aromatic heterocycles. The minimum atomic E-state index is -0.601. The molecule has 0 saturated heterocycles. The fourth-order valence-electron chi connectivity index (χ4n) is 2.09. The first-order valence-electron chi connectivity index (χ1n) is 9.93. The molecule has 3 atom stereocenters. The van der Waals surface area contributed by atoms with Crippen molar-refractivity contribution in [3.63, 3.8) is 0 Å². The highest BCUT2D eigenvalue weighted by Crippen LogP contribution is 2.05. The highest BCUT2D eigenvalue weighted by atomic mass is 16.5. The molecule has 28 heavy (non-hydrogen) atoms. The first-order chi connectivity index (χ1) is 13.3. The van der Waals surface area contributed by atoms with Crippen molar-refractivity contribution in [2.75, 3.05) is 0 Å². The second kappa shape index (κ2) is 17.2. The Hall–Kier alpha value is -1.95. The second-order valence-electron chi connectivity index (χ2n) is 6.74. The maximum absolute atomic E-state index is 11.4. The number of aliphatic hydroxyl groups is 3. The minimum Gasteiger partial charge on any atom is -0.463 e. The molecule has 0 aliphatic carbocycles. The molecule has 0 amide bonds. The van der Waals surface area contributed by atoms with Crippen molar-refractivity contribution in [2.24, 2.45) is 0 Å². The third-order valence-electron chi connectivity index (χ3n) is 3.62. The van der Waals surface area contributed by atoms with E-state index in [1.807, 2.05) is 26.8 Å². The summed E-state index contributed by atoms with van der Waals surface area (Å²) < 4.78 is 5.03. The number of esters is 1. The van der Waals surface area contributed by atoms with E-state index in [-0.39, 0.29) is 12.1 Å². The summed E-state index contributed by atoms with van der Waals surface area (Å²) in [5.74, 6) is -0.237. The first kappa shape index (κ1) is 26.1. The average molecular weight is 393 g/mol. The molecule has 0 aromatic carbocycles. The third kappa shape index (κ3) is 17.5. The van der Waals surface area contributed by atoms with Gasteiger partial charge in [0.15, 0.2) is 0 Å². The van der Waals surface area contributed by atoms with Crippen LogP contribution in [-0.2, 0) is 9.53 Å². The van der Waals surface area contributed by atoms with Crippen LogP contribution in [0.15, 0.2) is 60.8 Å². The van der Waals surface area contributed by atoms with Crippen LogP contribution in [0.5, 0.6) is 0 Å². The van der Waals surface area contributed by atoms with Gasteiger partial charge in [-0.25, -0.2) is 0 Å². The number of hydrogen-bond acceptors (Lipinski definition) is 5. The molecule has 158 valence electrons. The normalized spacial score (nSPS) is 16.2. The molecule has 0 aliphatic heterocycles. The van der Waals surface area contributed by atoms with E-state index in [0.29, 0.717) is 32.1 Å². The molecule has 0 bridgehead atoms. The molecular weight excluding hydrogens is 356 g/mol. The molecule has 5 heteroatoms. The van der Waals surface area contributed by atoms with Gasteiger partial charge in [-0.15, -0.1) is 0 Å².